The van der Waals surface area contributed by atoms with Crippen molar-refractivity contribution < 1.29 is 0 Å². The van der Waals surface area contributed by atoms with E-state index < -0.39 is 0 Å². The van der Waals surface area contributed by atoms with Gasteiger partial charge in [-0.2, -0.15) is 0 Å². The molecule has 0 atom stereocenters. The fraction of sp³-hybridized carbons (Fsp3) is 0. The molecule has 0 N–H and O–H groups in total. The van der Waals surface area contributed by atoms with E-state index >= 15 is 0 Å². The van der Waals surface area contributed by atoms with E-state index in [0.29, 0.717) is 0 Å². The second-order valence-corrected chi connectivity index (χ2v) is 17.2. The number of nitrogens with zero attached hydrogens (tertiary/aromatic N) is 2. The zero-order valence-corrected chi connectivity index (χ0v) is 34.8. The molecule has 2 nitrogen and oxygen atoms in total. The molecular weight excluding hydrogens is 773 g/mol. The molecule has 0 fully saturated rings. The molecule has 11 aromatic carbocycles. The lowest BCUT2D eigenvalue weighted by molar-refractivity contribution is 1.18. The Bertz CT molecular complexity index is 4020. The third kappa shape index (κ3) is 5.08. The summed E-state index contributed by atoms with van der Waals surface area (Å²) in [6, 6.07) is 85.2. The maximum Gasteiger partial charge on any atom is 0.0619 e. The van der Waals surface area contributed by atoms with Gasteiger partial charge in [0.15, 0.2) is 0 Å². The van der Waals surface area contributed by atoms with Crippen LogP contribution in [0.4, 0.5) is 0 Å². The van der Waals surface area contributed by atoms with Gasteiger partial charge < -0.3 is 9.13 Å². The van der Waals surface area contributed by atoms with Crippen molar-refractivity contribution in [2.24, 2.45) is 0 Å². The number of hydrogen-bond acceptors (Lipinski definition) is 0. The lowest BCUT2D eigenvalue weighted by Gasteiger charge is -2.12. The monoisotopic (exact) mass is 810 g/mol. The van der Waals surface area contributed by atoms with Crippen LogP contribution in [0.3, 0.4) is 0 Å². The van der Waals surface area contributed by atoms with Crippen LogP contribution in [0.1, 0.15) is 0 Å². The van der Waals surface area contributed by atoms with Gasteiger partial charge in [-0.25, -0.2) is 0 Å². The van der Waals surface area contributed by atoms with E-state index in [1.54, 1.807) is 0 Å². The van der Waals surface area contributed by atoms with Crippen molar-refractivity contribution in [1.29, 1.82) is 0 Å². The normalized spacial score (nSPS) is 12.1. The Morgan fingerprint density at radius 2 is 0.812 bits per heavy atom. The average Bonchev–Trinajstić information content (AvgIpc) is 4.01. The maximum atomic E-state index is 2.45. The highest BCUT2D eigenvalue weighted by molar-refractivity contribution is 6.20. The van der Waals surface area contributed by atoms with E-state index in [4.69, 9.17) is 0 Å². The molecule has 0 spiro atoms. The van der Waals surface area contributed by atoms with Crippen LogP contribution in [0.5, 0.6) is 0 Å². The van der Waals surface area contributed by atoms with Crippen LogP contribution in [-0.2, 0) is 0 Å². The van der Waals surface area contributed by atoms with Gasteiger partial charge in [-0.15, -0.1) is 0 Å². The van der Waals surface area contributed by atoms with Gasteiger partial charge in [-0.1, -0.05) is 176 Å². The highest BCUT2D eigenvalue weighted by atomic mass is 15.0. The summed E-state index contributed by atoms with van der Waals surface area (Å²) in [7, 11) is 0. The Balaban J connectivity index is 0.854. The number of aromatic nitrogens is 2. The first-order valence-electron chi connectivity index (χ1n) is 22.2. The molecule has 13 aromatic rings. The minimum Gasteiger partial charge on any atom is -0.309 e. The van der Waals surface area contributed by atoms with Crippen molar-refractivity contribution >= 4 is 65.2 Å². The summed E-state index contributed by atoms with van der Waals surface area (Å²) in [4.78, 5) is 0. The molecule has 0 unspecified atom stereocenters. The van der Waals surface area contributed by atoms with Crippen molar-refractivity contribution in [3.05, 3.63) is 231 Å². The molecule has 0 amide bonds. The van der Waals surface area contributed by atoms with Gasteiger partial charge in [0.1, 0.15) is 0 Å². The molecule has 64 heavy (non-hydrogen) atoms. The Morgan fingerprint density at radius 3 is 1.69 bits per heavy atom. The summed E-state index contributed by atoms with van der Waals surface area (Å²) in [5.41, 5.74) is 19.8. The van der Waals surface area contributed by atoms with Crippen LogP contribution in [-0.4, -0.2) is 9.13 Å². The number of para-hydroxylation sites is 2. The first kappa shape index (κ1) is 35.2. The predicted octanol–water partition coefficient (Wildman–Crippen LogP) is 16.8. The summed E-state index contributed by atoms with van der Waals surface area (Å²) in [6.07, 6.45) is 0. The van der Waals surface area contributed by atoms with Crippen LogP contribution in [0, 0.1) is 0 Å². The van der Waals surface area contributed by atoms with E-state index in [-0.39, 0.29) is 0 Å². The number of rotatable bonds is 5. The minimum absolute atomic E-state index is 1.15. The highest BCUT2D eigenvalue weighted by Crippen LogP contribution is 2.49. The van der Waals surface area contributed by atoms with E-state index in [9.17, 15) is 0 Å². The smallest absolute Gasteiger partial charge is 0.0619 e. The second kappa shape index (κ2) is 13.5. The zero-order chi connectivity index (χ0) is 41.9. The molecule has 0 saturated carbocycles. The quantitative estimate of drug-likeness (QED) is 0.164. The summed E-state index contributed by atoms with van der Waals surface area (Å²) in [5, 5.41) is 10.2. The Labute approximate surface area is 370 Å². The van der Waals surface area contributed by atoms with Crippen LogP contribution in [0.2, 0.25) is 0 Å². The van der Waals surface area contributed by atoms with Crippen molar-refractivity contribution in [3.8, 4) is 67.0 Å². The fourth-order valence-electron chi connectivity index (χ4n) is 11.0. The SMILES string of the molecule is c1ccc(-n2c3cc(-c4ccc5c(c4)c4ccccc4n5-c4ccc(-c5cccc(-c6ccc7c8c(cccc68)-c6ccccc6-7)c5)cc4)ccc3c3ccc4ccccc4c32)cc1. The molecular formula is C62H38N2. The zero-order valence-electron chi connectivity index (χ0n) is 34.8. The number of hydrogen-bond donors (Lipinski definition) is 0. The summed E-state index contributed by atoms with van der Waals surface area (Å²) >= 11 is 0. The van der Waals surface area contributed by atoms with Crippen LogP contribution >= 0.6 is 0 Å². The van der Waals surface area contributed by atoms with Gasteiger partial charge in [0.25, 0.3) is 0 Å². The van der Waals surface area contributed by atoms with Crippen LogP contribution in [0.25, 0.3) is 132 Å². The van der Waals surface area contributed by atoms with Gasteiger partial charge in [-0.3, -0.25) is 0 Å². The third-order valence-corrected chi connectivity index (χ3v) is 13.9. The summed E-state index contributed by atoms with van der Waals surface area (Å²) < 4.78 is 4.87. The van der Waals surface area contributed by atoms with Crippen molar-refractivity contribution in [2.75, 3.05) is 0 Å². The Kier molecular flexibility index (Phi) is 7.43. The molecule has 1 aliphatic rings. The fourth-order valence-corrected chi connectivity index (χ4v) is 11.0. The van der Waals surface area contributed by atoms with Gasteiger partial charge in [0, 0.05) is 38.3 Å². The van der Waals surface area contributed by atoms with Gasteiger partial charge in [0.05, 0.1) is 22.1 Å². The van der Waals surface area contributed by atoms with Crippen molar-refractivity contribution in [1.82, 2.24) is 9.13 Å². The molecule has 1 aliphatic carbocycles. The number of benzene rings is 11. The Hall–Kier alpha value is -8.46. The predicted molar refractivity (Wildman–Crippen MR) is 271 cm³/mol. The minimum atomic E-state index is 1.15. The highest BCUT2D eigenvalue weighted by Gasteiger charge is 2.23. The molecule has 2 heteroatoms. The third-order valence-electron chi connectivity index (χ3n) is 13.9. The average molecular weight is 811 g/mol. The standard InChI is InChI=1S/C62H38N2/c1-2-15-45(16-3-1)64-60-38-43(27-31-52(60)56-32-26-40-12-4-5-17-48(40)62(56)64)42-28-35-59-57(37-42)51-20-8-9-23-58(51)63(59)46-29-24-39(25-30-46)41-13-10-14-44(36-41)47-33-34-55-50-19-7-6-18-49(50)54-22-11-21-53(47)61(54)55/h1-38H. The molecule has 296 valence electrons. The van der Waals surface area contributed by atoms with Gasteiger partial charge in [0.2, 0.25) is 0 Å². The molecule has 2 aromatic heterocycles. The lowest BCUT2D eigenvalue weighted by Crippen LogP contribution is -1.94. The molecule has 14 rings (SSSR count). The lowest BCUT2D eigenvalue weighted by atomic mass is 9.92. The van der Waals surface area contributed by atoms with Gasteiger partial charge >= 0.3 is 0 Å². The first-order valence-corrected chi connectivity index (χ1v) is 22.2. The second-order valence-electron chi connectivity index (χ2n) is 17.2. The molecule has 0 saturated heterocycles. The van der Waals surface area contributed by atoms with Crippen molar-refractivity contribution in [2.45, 2.75) is 0 Å². The number of fused-ring (bicyclic) bond motifs is 11. The van der Waals surface area contributed by atoms with E-state index in [1.807, 2.05) is 0 Å². The molecule has 0 bridgehead atoms. The molecule has 0 radical (unpaired) electrons. The van der Waals surface area contributed by atoms with E-state index in [2.05, 4.69) is 240 Å². The molecule has 2 heterocycles. The van der Waals surface area contributed by atoms with Crippen LogP contribution < -0.4 is 0 Å². The maximum absolute atomic E-state index is 2.45. The summed E-state index contributed by atoms with van der Waals surface area (Å²) in [5.74, 6) is 0. The summed E-state index contributed by atoms with van der Waals surface area (Å²) in [6.45, 7) is 0. The van der Waals surface area contributed by atoms with Gasteiger partial charge in [-0.05, 0) is 126 Å². The van der Waals surface area contributed by atoms with E-state index in [1.165, 1.54) is 121 Å². The van der Waals surface area contributed by atoms with Crippen LogP contribution in [0.15, 0.2) is 231 Å². The van der Waals surface area contributed by atoms with E-state index in [0.717, 1.165) is 11.4 Å². The Morgan fingerprint density at radius 1 is 0.234 bits per heavy atom. The topological polar surface area (TPSA) is 9.86 Å². The molecule has 0 aliphatic heterocycles. The van der Waals surface area contributed by atoms with Crippen molar-refractivity contribution in [3.63, 3.8) is 0 Å². The first-order chi connectivity index (χ1) is 31.7. The largest absolute Gasteiger partial charge is 0.309 e.